The van der Waals surface area contributed by atoms with Crippen LogP contribution >= 0.6 is 0 Å². The second-order valence-electron chi connectivity index (χ2n) is 11.1. The van der Waals surface area contributed by atoms with Crippen LogP contribution in [0.3, 0.4) is 0 Å². The number of fused-ring (bicyclic) bond motifs is 1. The van der Waals surface area contributed by atoms with Crippen molar-refractivity contribution in [2.24, 2.45) is 11.8 Å². The molecule has 1 unspecified atom stereocenters. The van der Waals surface area contributed by atoms with Gasteiger partial charge in [0.2, 0.25) is 0 Å². The van der Waals surface area contributed by atoms with Crippen molar-refractivity contribution in [2.75, 3.05) is 19.6 Å². The van der Waals surface area contributed by atoms with E-state index < -0.39 is 17.7 Å². The molecule has 2 aliphatic heterocycles. The number of aryl methyl sites for hydroxylation is 1. The zero-order valence-electron chi connectivity index (χ0n) is 22.1. The SMILES string of the molecule is Cc1ccccc1C1CCN(C(=O)C2=C(C3CC3)C3CC=C(c4ccoc4)C=C(C(F)(F)F)C3=CCN2)CC1. The molecule has 1 saturated carbocycles. The zero-order chi connectivity index (χ0) is 27.1. The van der Waals surface area contributed by atoms with Crippen LogP contribution in [-0.4, -0.2) is 36.6 Å². The molecular weight excluding hydrogens is 501 g/mol. The first-order valence-electron chi connectivity index (χ1n) is 13.9. The molecule has 204 valence electrons. The lowest BCUT2D eigenvalue weighted by molar-refractivity contribution is -0.128. The van der Waals surface area contributed by atoms with Gasteiger partial charge in [-0.2, -0.15) is 13.2 Å². The van der Waals surface area contributed by atoms with Crippen LogP contribution in [0.5, 0.6) is 0 Å². The van der Waals surface area contributed by atoms with E-state index in [1.165, 1.54) is 29.7 Å². The van der Waals surface area contributed by atoms with Gasteiger partial charge in [0.05, 0.1) is 18.1 Å². The highest BCUT2D eigenvalue weighted by Crippen LogP contribution is 2.50. The van der Waals surface area contributed by atoms with E-state index in [9.17, 15) is 18.0 Å². The number of benzene rings is 1. The Labute approximate surface area is 226 Å². The number of carbonyl (C=O) groups is 1. The predicted octanol–water partition coefficient (Wildman–Crippen LogP) is 7.08. The minimum Gasteiger partial charge on any atom is -0.472 e. The molecule has 39 heavy (non-hydrogen) atoms. The highest BCUT2D eigenvalue weighted by molar-refractivity contribution is 5.94. The van der Waals surface area contributed by atoms with Crippen LogP contribution in [0, 0.1) is 18.8 Å². The number of hydrogen-bond donors (Lipinski definition) is 1. The Balaban J connectivity index is 1.31. The normalized spacial score (nSPS) is 22.7. The number of rotatable bonds is 4. The van der Waals surface area contributed by atoms with Crippen LogP contribution in [0.4, 0.5) is 13.2 Å². The van der Waals surface area contributed by atoms with E-state index in [0.29, 0.717) is 42.3 Å². The highest BCUT2D eigenvalue weighted by Gasteiger charge is 2.45. The van der Waals surface area contributed by atoms with Gasteiger partial charge in [-0.05, 0) is 90.9 Å². The minimum absolute atomic E-state index is 0.0735. The summed E-state index contributed by atoms with van der Waals surface area (Å²) in [4.78, 5) is 15.9. The molecule has 1 aromatic heterocycles. The number of hydrogen-bond acceptors (Lipinski definition) is 3. The number of amides is 1. The molecule has 0 bridgehead atoms. The molecular formula is C32H33F3N2O2. The smallest absolute Gasteiger partial charge is 0.416 e. The van der Waals surface area contributed by atoms with Crippen molar-refractivity contribution < 1.29 is 22.4 Å². The van der Waals surface area contributed by atoms with Gasteiger partial charge < -0.3 is 14.6 Å². The topological polar surface area (TPSA) is 45.5 Å². The molecule has 3 heterocycles. The third kappa shape index (κ3) is 5.11. The van der Waals surface area contributed by atoms with Gasteiger partial charge in [0.15, 0.2) is 0 Å². The average molecular weight is 535 g/mol. The van der Waals surface area contributed by atoms with Gasteiger partial charge in [-0.25, -0.2) is 0 Å². The molecule has 1 atom stereocenters. The van der Waals surface area contributed by atoms with E-state index in [0.717, 1.165) is 31.3 Å². The summed E-state index contributed by atoms with van der Waals surface area (Å²) in [6.45, 7) is 3.61. The second kappa shape index (κ2) is 10.2. The van der Waals surface area contributed by atoms with Crippen LogP contribution in [0.15, 0.2) is 87.9 Å². The molecule has 1 saturated heterocycles. The highest BCUT2D eigenvalue weighted by atomic mass is 19.4. The monoisotopic (exact) mass is 534 g/mol. The van der Waals surface area contributed by atoms with E-state index in [2.05, 4.69) is 30.4 Å². The quantitative estimate of drug-likeness (QED) is 0.456. The van der Waals surface area contributed by atoms with Gasteiger partial charge in [-0.3, -0.25) is 4.79 Å². The van der Waals surface area contributed by atoms with Crippen molar-refractivity contribution in [1.82, 2.24) is 10.2 Å². The third-order valence-corrected chi connectivity index (χ3v) is 8.63. The second-order valence-corrected chi connectivity index (χ2v) is 11.1. The summed E-state index contributed by atoms with van der Waals surface area (Å²) in [5.74, 6) is -0.0232. The maximum atomic E-state index is 14.5. The molecule has 6 rings (SSSR count). The van der Waals surface area contributed by atoms with Crippen LogP contribution in [-0.2, 0) is 4.79 Å². The Hall–Kier alpha value is -3.48. The van der Waals surface area contributed by atoms with Gasteiger partial charge in [-0.1, -0.05) is 36.4 Å². The molecule has 1 N–H and O–H groups in total. The minimum atomic E-state index is -4.52. The fourth-order valence-corrected chi connectivity index (χ4v) is 6.50. The van der Waals surface area contributed by atoms with Gasteiger partial charge in [0.25, 0.3) is 5.91 Å². The lowest BCUT2D eigenvalue weighted by Crippen LogP contribution is -2.42. The van der Waals surface area contributed by atoms with E-state index in [1.54, 1.807) is 12.1 Å². The summed E-state index contributed by atoms with van der Waals surface area (Å²) in [5, 5.41) is 3.27. The van der Waals surface area contributed by atoms with E-state index >= 15 is 0 Å². The predicted molar refractivity (Wildman–Crippen MR) is 144 cm³/mol. The van der Waals surface area contributed by atoms with Crippen LogP contribution < -0.4 is 5.32 Å². The largest absolute Gasteiger partial charge is 0.472 e. The van der Waals surface area contributed by atoms with E-state index in [1.807, 2.05) is 17.0 Å². The molecule has 1 aromatic carbocycles. The third-order valence-electron chi connectivity index (χ3n) is 8.63. The van der Waals surface area contributed by atoms with Gasteiger partial charge in [-0.15, -0.1) is 0 Å². The Kier molecular flexibility index (Phi) is 6.77. The molecule has 0 radical (unpaired) electrons. The number of allylic oxidation sites excluding steroid dienone is 6. The van der Waals surface area contributed by atoms with Crippen molar-refractivity contribution in [3.05, 3.63) is 100 Å². The van der Waals surface area contributed by atoms with Crippen molar-refractivity contribution in [2.45, 2.75) is 51.1 Å². The maximum Gasteiger partial charge on any atom is 0.416 e. The molecule has 0 spiro atoms. The van der Waals surface area contributed by atoms with Crippen molar-refractivity contribution >= 4 is 11.5 Å². The van der Waals surface area contributed by atoms with Crippen molar-refractivity contribution in [3.63, 3.8) is 0 Å². The Morgan fingerprint density at radius 1 is 1.03 bits per heavy atom. The standard InChI is InChI=1S/C32H33F3N2O2/c1-20-4-2-3-5-25(20)21-11-15-37(16-12-21)31(38)30-29(22-6-7-22)27-9-8-23(24-13-17-39-19-24)18-28(32(33,34)35)26(27)10-14-36-30/h2-5,8,10,13,17-19,21-22,27,36H,6-7,9,11-12,14-16H2,1H3. The Bertz CT molecular complexity index is 1370. The number of furan rings is 1. The number of carbonyl (C=O) groups excluding carboxylic acids is 1. The first kappa shape index (κ1) is 25.8. The summed E-state index contributed by atoms with van der Waals surface area (Å²) in [5.41, 5.74) is 4.74. The Morgan fingerprint density at radius 3 is 2.46 bits per heavy atom. The molecule has 1 amide bonds. The zero-order valence-corrected chi connectivity index (χ0v) is 22.1. The number of likely N-dealkylation sites (tertiary alicyclic amines) is 1. The summed E-state index contributed by atoms with van der Waals surface area (Å²) in [6.07, 6.45) is 7.14. The lowest BCUT2D eigenvalue weighted by atomic mass is 9.81. The lowest BCUT2D eigenvalue weighted by Gasteiger charge is -2.34. The summed E-state index contributed by atoms with van der Waals surface area (Å²) in [7, 11) is 0. The van der Waals surface area contributed by atoms with E-state index in [4.69, 9.17) is 4.42 Å². The summed E-state index contributed by atoms with van der Waals surface area (Å²) >= 11 is 0. The maximum absolute atomic E-state index is 14.5. The first-order valence-corrected chi connectivity index (χ1v) is 13.9. The van der Waals surface area contributed by atoms with Gasteiger partial charge in [0, 0.05) is 31.1 Å². The molecule has 7 heteroatoms. The molecule has 2 fully saturated rings. The molecule has 4 nitrogen and oxygen atoms in total. The van der Waals surface area contributed by atoms with Crippen LogP contribution in [0.1, 0.15) is 54.7 Å². The number of piperidine rings is 1. The summed E-state index contributed by atoms with van der Waals surface area (Å²) < 4.78 is 48.6. The average Bonchev–Trinajstić information content (AvgIpc) is 3.68. The van der Waals surface area contributed by atoms with Gasteiger partial charge >= 0.3 is 6.18 Å². The van der Waals surface area contributed by atoms with Crippen LogP contribution in [0.2, 0.25) is 0 Å². The number of alkyl halides is 3. The fraction of sp³-hybridized carbons (Fsp3) is 0.406. The van der Waals surface area contributed by atoms with Crippen molar-refractivity contribution in [3.8, 4) is 0 Å². The number of nitrogens with one attached hydrogen (secondary N) is 1. The number of halogens is 3. The molecule has 2 aliphatic carbocycles. The summed E-state index contributed by atoms with van der Waals surface area (Å²) in [6, 6.07) is 10.1. The number of nitrogens with zero attached hydrogens (tertiary/aromatic N) is 1. The first-order chi connectivity index (χ1) is 18.8. The molecule has 4 aliphatic rings. The Morgan fingerprint density at radius 2 is 1.79 bits per heavy atom. The molecule has 2 aromatic rings. The van der Waals surface area contributed by atoms with Crippen molar-refractivity contribution in [1.29, 1.82) is 0 Å². The van der Waals surface area contributed by atoms with Crippen LogP contribution in [0.25, 0.3) is 5.57 Å². The van der Waals surface area contributed by atoms with E-state index in [-0.39, 0.29) is 23.9 Å². The van der Waals surface area contributed by atoms with Gasteiger partial charge in [0.1, 0.15) is 5.70 Å². The fourth-order valence-electron chi connectivity index (χ4n) is 6.50.